The van der Waals surface area contributed by atoms with Gasteiger partial charge < -0.3 is 20.3 Å². The number of nitrogens with zero attached hydrogens (tertiary/aromatic N) is 3. The molecule has 154 valence electrons. The third-order valence-corrected chi connectivity index (χ3v) is 7.45. The number of carbonyl (C=O) groups excluding carboxylic acids is 1. The number of thioether (sulfide) groups is 1. The van der Waals surface area contributed by atoms with Crippen LogP contribution in [0.3, 0.4) is 0 Å². The maximum Gasteiger partial charge on any atom is 0.220 e. The summed E-state index contributed by atoms with van der Waals surface area (Å²) in [5, 5.41) is 6.43. The van der Waals surface area contributed by atoms with Crippen LogP contribution in [0.4, 0.5) is 0 Å². The lowest BCUT2D eigenvalue weighted by Gasteiger charge is -2.44. The summed E-state index contributed by atoms with van der Waals surface area (Å²) in [7, 11) is 3.60. The zero-order valence-corrected chi connectivity index (χ0v) is 17.7. The van der Waals surface area contributed by atoms with E-state index in [1.54, 1.807) is 7.05 Å². The summed E-state index contributed by atoms with van der Waals surface area (Å²) in [6.07, 6.45) is 3.99. The first kappa shape index (κ1) is 20.7. The second-order valence-corrected chi connectivity index (χ2v) is 8.94. The number of likely N-dealkylation sites (tertiary alicyclic amines) is 1. The predicted molar refractivity (Wildman–Crippen MR) is 111 cm³/mol. The number of nitrogens with one attached hydrogen (secondary N) is 2. The molecule has 0 aromatic carbocycles. The van der Waals surface area contributed by atoms with Gasteiger partial charge in [0.2, 0.25) is 5.91 Å². The Labute approximate surface area is 167 Å². The fourth-order valence-electron chi connectivity index (χ4n) is 4.42. The van der Waals surface area contributed by atoms with Crippen molar-refractivity contribution < 1.29 is 9.53 Å². The van der Waals surface area contributed by atoms with Gasteiger partial charge in [-0.05, 0) is 30.9 Å². The van der Waals surface area contributed by atoms with Gasteiger partial charge in [-0.2, -0.15) is 11.8 Å². The molecule has 1 unspecified atom stereocenters. The highest BCUT2D eigenvalue weighted by molar-refractivity contribution is 7.99. The van der Waals surface area contributed by atoms with Crippen LogP contribution < -0.4 is 10.6 Å². The Bertz CT molecular complexity index is 510. The summed E-state index contributed by atoms with van der Waals surface area (Å²) < 4.78 is 5.56. The van der Waals surface area contributed by atoms with E-state index in [4.69, 9.17) is 4.74 Å². The quantitative estimate of drug-likeness (QED) is 0.524. The van der Waals surface area contributed by atoms with E-state index >= 15 is 0 Å². The van der Waals surface area contributed by atoms with Gasteiger partial charge in [0, 0.05) is 64.5 Å². The van der Waals surface area contributed by atoms with Crippen LogP contribution in [-0.2, 0) is 9.53 Å². The molecule has 7 nitrogen and oxygen atoms in total. The maximum absolute atomic E-state index is 11.6. The van der Waals surface area contributed by atoms with Gasteiger partial charge in [0.05, 0.1) is 13.2 Å². The number of carbonyl (C=O) groups is 1. The lowest BCUT2D eigenvalue weighted by molar-refractivity contribution is -0.121. The van der Waals surface area contributed by atoms with E-state index in [2.05, 4.69) is 37.2 Å². The molecule has 3 aliphatic heterocycles. The van der Waals surface area contributed by atoms with Crippen LogP contribution in [0.5, 0.6) is 0 Å². The molecule has 3 fully saturated rings. The van der Waals surface area contributed by atoms with Crippen molar-refractivity contribution in [3.63, 3.8) is 0 Å². The Morgan fingerprint density at radius 1 is 1.26 bits per heavy atom. The SMILES string of the molecule is CN=C(NCC1(N2CCOCC2)CCSC1)N1CCC(CC(=O)NC)CC1. The molecule has 3 heterocycles. The van der Waals surface area contributed by atoms with Crippen molar-refractivity contribution in [1.29, 1.82) is 0 Å². The molecule has 0 aromatic heterocycles. The van der Waals surface area contributed by atoms with Crippen molar-refractivity contribution in [3.05, 3.63) is 0 Å². The largest absolute Gasteiger partial charge is 0.379 e. The number of hydrogen-bond donors (Lipinski definition) is 2. The molecule has 0 aromatic rings. The first-order chi connectivity index (χ1) is 13.2. The van der Waals surface area contributed by atoms with Crippen LogP contribution in [0.1, 0.15) is 25.7 Å². The summed E-state index contributed by atoms with van der Waals surface area (Å²) >= 11 is 2.06. The molecule has 1 atom stereocenters. The van der Waals surface area contributed by atoms with Gasteiger partial charge in [0.1, 0.15) is 0 Å². The minimum atomic E-state index is 0.155. The molecule has 1 amide bonds. The van der Waals surface area contributed by atoms with Gasteiger partial charge in [-0.15, -0.1) is 0 Å². The molecule has 0 spiro atoms. The van der Waals surface area contributed by atoms with Crippen molar-refractivity contribution in [2.75, 3.05) is 71.5 Å². The van der Waals surface area contributed by atoms with Gasteiger partial charge in [-0.25, -0.2) is 0 Å². The Morgan fingerprint density at radius 3 is 2.59 bits per heavy atom. The molecule has 0 radical (unpaired) electrons. The number of morpholine rings is 1. The van der Waals surface area contributed by atoms with Crippen LogP contribution >= 0.6 is 11.8 Å². The van der Waals surface area contributed by atoms with Gasteiger partial charge in [-0.1, -0.05) is 0 Å². The highest BCUT2D eigenvalue weighted by atomic mass is 32.2. The van der Waals surface area contributed by atoms with E-state index in [0.29, 0.717) is 12.3 Å². The van der Waals surface area contributed by atoms with Crippen LogP contribution in [0.2, 0.25) is 0 Å². The van der Waals surface area contributed by atoms with Crippen molar-refractivity contribution in [2.24, 2.45) is 10.9 Å². The fraction of sp³-hybridized carbons (Fsp3) is 0.895. The molecule has 3 rings (SSSR count). The summed E-state index contributed by atoms with van der Waals surface area (Å²) in [6.45, 7) is 6.66. The number of hydrogen-bond acceptors (Lipinski definition) is 5. The summed E-state index contributed by atoms with van der Waals surface area (Å²) in [5.74, 6) is 4.08. The molecule has 27 heavy (non-hydrogen) atoms. The molecular weight excluding hydrogens is 362 g/mol. The van der Waals surface area contributed by atoms with Gasteiger partial charge >= 0.3 is 0 Å². The number of rotatable bonds is 5. The van der Waals surface area contributed by atoms with Crippen LogP contribution in [0, 0.1) is 5.92 Å². The van der Waals surface area contributed by atoms with E-state index in [0.717, 1.165) is 64.7 Å². The summed E-state index contributed by atoms with van der Waals surface area (Å²) in [4.78, 5) is 21.2. The van der Waals surface area contributed by atoms with Crippen molar-refractivity contribution in [1.82, 2.24) is 20.4 Å². The number of aliphatic imine (C=N–C) groups is 1. The highest BCUT2D eigenvalue weighted by Gasteiger charge is 2.41. The van der Waals surface area contributed by atoms with Crippen molar-refractivity contribution >= 4 is 23.6 Å². The monoisotopic (exact) mass is 397 g/mol. The molecule has 0 saturated carbocycles. The molecule has 3 saturated heterocycles. The lowest BCUT2D eigenvalue weighted by atomic mass is 9.93. The zero-order valence-electron chi connectivity index (χ0n) is 16.8. The highest BCUT2D eigenvalue weighted by Crippen LogP contribution is 2.33. The minimum Gasteiger partial charge on any atom is -0.379 e. The first-order valence-electron chi connectivity index (χ1n) is 10.2. The lowest BCUT2D eigenvalue weighted by Crippen LogP contribution is -2.60. The molecule has 8 heteroatoms. The van der Waals surface area contributed by atoms with Crippen molar-refractivity contribution in [2.45, 2.75) is 31.2 Å². The van der Waals surface area contributed by atoms with Gasteiger partial charge in [0.25, 0.3) is 0 Å². The van der Waals surface area contributed by atoms with Gasteiger partial charge in [-0.3, -0.25) is 14.7 Å². The summed E-state index contributed by atoms with van der Waals surface area (Å²) in [6, 6.07) is 0. The van der Waals surface area contributed by atoms with Crippen LogP contribution in [0.25, 0.3) is 0 Å². The van der Waals surface area contributed by atoms with E-state index in [1.165, 1.54) is 17.9 Å². The van der Waals surface area contributed by atoms with Crippen molar-refractivity contribution in [3.8, 4) is 0 Å². The third-order valence-electron chi connectivity index (χ3n) is 6.22. The number of piperidine rings is 1. The zero-order chi connectivity index (χ0) is 19.1. The standard InChI is InChI=1S/C19H35N5O2S/c1-20-17(25)13-16-3-6-23(7-4-16)18(21-2)22-14-19(5-12-27-15-19)24-8-10-26-11-9-24/h16H,3-15H2,1-2H3,(H,20,25)(H,21,22). The Hall–Kier alpha value is -0.990. The van der Waals surface area contributed by atoms with Gasteiger partial charge in [0.15, 0.2) is 5.96 Å². The number of guanidine groups is 1. The molecule has 2 N–H and O–H groups in total. The van der Waals surface area contributed by atoms with E-state index in [1.807, 2.05) is 7.05 Å². The van der Waals surface area contributed by atoms with E-state index < -0.39 is 0 Å². The summed E-state index contributed by atoms with van der Waals surface area (Å²) in [5.41, 5.74) is 0.224. The molecule has 3 aliphatic rings. The van der Waals surface area contributed by atoms with E-state index in [-0.39, 0.29) is 11.4 Å². The molecule has 0 bridgehead atoms. The third kappa shape index (κ3) is 5.29. The van der Waals surface area contributed by atoms with E-state index in [9.17, 15) is 4.79 Å². The minimum absolute atomic E-state index is 0.155. The topological polar surface area (TPSA) is 69.2 Å². The van der Waals surface area contributed by atoms with Crippen LogP contribution in [0.15, 0.2) is 4.99 Å². The Balaban J connectivity index is 1.52. The number of amides is 1. The fourth-order valence-corrected chi connectivity index (χ4v) is 5.90. The predicted octanol–water partition coefficient (Wildman–Crippen LogP) is 0.618. The second kappa shape index (κ2) is 9.98. The first-order valence-corrected chi connectivity index (χ1v) is 11.4. The average Bonchev–Trinajstić information content (AvgIpc) is 3.20. The second-order valence-electron chi connectivity index (χ2n) is 7.83. The molecule has 0 aliphatic carbocycles. The molecular formula is C19H35N5O2S. The normalized spacial score (nSPS) is 28.4. The Kier molecular flexibility index (Phi) is 7.66. The number of ether oxygens (including phenoxy) is 1. The Morgan fingerprint density at radius 2 is 2.00 bits per heavy atom. The smallest absolute Gasteiger partial charge is 0.220 e. The average molecular weight is 398 g/mol. The maximum atomic E-state index is 11.6. The van der Waals surface area contributed by atoms with Crippen LogP contribution in [-0.4, -0.2) is 98.7 Å².